The van der Waals surface area contributed by atoms with E-state index in [9.17, 15) is 8.42 Å². The van der Waals surface area contributed by atoms with Gasteiger partial charge in [0.05, 0.1) is 17.1 Å². The molecule has 7 heteroatoms. The molecule has 1 aromatic rings. The summed E-state index contributed by atoms with van der Waals surface area (Å²) in [5.74, 6) is 0. The zero-order valence-electron chi connectivity index (χ0n) is 11.4. The SMILES string of the molecule is CC1CN(S(=O)(=O)c2ccccc2C(N)=S)CC(C)O1. The molecule has 0 amide bonds. The number of nitrogens with two attached hydrogens (primary N) is 1. The fraction of sp³-hybridized carbons (Fsp3) is 0.462. The molecule has 20 heavy (non-hydrogen) atoms. The van der Waals surface area contributed by atoms with Crippen LogP contribution in [0.3, 0.4) is 0 Å². The summed E-state index contributed by atoms with van der Waals surface area (Å²) in [6.07, 6.45) is -0.268. The molecular formula is C13H18N2O3S2. The molecule has 0 aromatic heterocycles. The number of nitrogens with zero attached hydrogens (tertiary/aromatic N) is 1. The molecule has 1 aliphatic rings. The van der Waals surface area contributed by atoms with Gasteiger partial charge in [0.15, 0.2) is 0 Å². The predicted octanol–water partition coefficient (Wildman–Crippen LogP) is 1.12. The number of hydrogen-bond donors (Lipinski definition) is 1. The highest BCUT2D eigenvalue weighted by Crippen LogP contribution is 2.23. The Bertz CT molecular complexity index is 606. The average molecular weight is 314 g/mol. The van der Waals surface area contributed by atoms with Gasteiger partial charge < -0.3 is 10.5 Å². The third-order valence-corrected chi connectivity index (χ3v) is 5.27. The summed E-state index contributed by atoms with van der Waals surface area (Å²) in [5, 5.41) is 0. The normalized spacial score (nSPS) is 24.5. The first-order chi connectivity index (χ1) is 9.32. The van der Waals surface area contributed by atoms with Crippen LogP contribution in [0.1, 0.15) is 19.4 Å². The third kappa shape index (κ3) is 3.01. The van der Waals surface area contributed by atoms with Gasteiger partial charge in [-0.1, -0.05) is 30.4 Å². The van der Waals surface area contributed by atoms with Crippen LogP contribution in [0.2, 0.25) is 0 Å². The van der Waals surface area contributed by atoms with Gasteiger partial charge in [-0.05, 0) is 19.9 Å². The zero-order chi connectivity index (χ0) is 14.9. The molecule has 0 spiro atoms. The molecule has 5 nitrogen and oxygen atoms in total. The van der Waals surface area contributed by atoms with Crippen molar-refractivity contribution in [3.63, 3.8) is 0 Å². The van der Waals surface area contributed by atoms with Gasteiger partial charge in [0.2, 0.25) is 10.0 Å². The molecule has 0 radical (unpaired) electrons. The van der Waals surface area contributed by atoms with Crippen molar-refractivity contribution in [3.8, 4) is 0 Å². The predicted molar refractivity (Wildman–Crippen MR) is 81.1 cm³/mol. The van der Waals surface area contributed by atoms with Crippen molar-refractivity contribution in [2.75, 3.05) is 13.1 Å². The largest absolute Gasteiger partial charge is 0.389 e. The second-order valence-corrected chi connectivity index (χ2v) is 7.29. The van der Waals surface area contributed by atoms with Crippen LogP contribution in [-0.2, 0) is 14.8 Å². The van der Waals surface area contributed by atoms with Gasteiger partial charge >= 0.3 is 0 Å². The van der Waals surface area contributed by atoms with E-state index in [1.807, 2.05) is 13.8 Å². The summed E-state index contributed by atoms with van der Waals surface area (Å²) in [7, 11) is -3.62. The molecule has 1 heterocycles. The number of sulfonamides is 1. The van der Waals surface area contributed by atoms with Crippen LogP contribution in [0.5, 0.6) is 0 Å². The summed E-state index contributed by atoms with van der Waals surface area (Å²) < 4.78 is 32.5. The molecule has 2 N–H and O–H groups in total. The molecule has 110 valence electrons. The van der Waals surface area contributed by atoms with E-state index in [2.05, 4.69) is 0 Å². The Labute approximate surface area is 124 Å². The summed E-state index contributed by atoms with van der Waals surface area (Å²) in [4.78, 5) is 0.243. The van der Waals surface area contributed by atoms with Gasteiger partial charge in [-0.15, -0.1) is 0 Å². The van der Waals surface area contributed by atoms with E-state index in [1.54, 1.807) is 18.2 Å². The smallest absolute Gasteiger partial charge is 0.243 e. The summed E-state index contributed by atoms with van der Waals surface area (Å²) in [6.45, 7) is 4.38. The van der Waals surface area contributed by atoms with E-state index in [4.69, 9.17) is 22.7 Å². The van der Waals surface area contributed by atoms with E-state index in [-0.39, 0.29) is 22.1 Å². The van der Waals surface area contributed by atoms with Gasteiger partial charge in [-0.25, -0.2) is 8.42 Å². The van der Waals surface area contributed by atoms with Crippen molar-refractivity contribution < 1.29 is 13.2 Å². The number of thiocarbonyl (C=S) groups is 1. The van der Waals surface area contributed by atoms with Gasteiger partial charge in [0.1, 0.15) is 4.99 Å². The van der Waals surface area contributed by atoms with E-state index in [1.165, 1.54) is 10.4 Å². The van der Waals surface area contributed by atoms with Crippen molar-refractivity contribution in [1.82, 2.24) is 4.31 Å². The van der Waals surface area contributed by atoms with Crippen molar-refractivity contribution in [2.24, 2.45) is 5.73 Å². The maximum Gasteiger partial charge on any atom is 0.243 e. The standard InChI is InChI=1S/C13H18N2O3S2/c1-9-7-15(8-10(2)18-9)20(16,17)12-6-4-3-5-11(12)13(14)19/h3-6,9-10H,7-8H2,1-2H3,(H2,14,19). The highest BCUT2D eigenvalue weighted by atomic mass is 32.2. The topological polar surface area (TPSA) is 72.6 Å². The molecule has 1 fully saturated rings. The first-order valence-corrected chi connectivity index (χ1v) is 8.21. The Balaban J connectivity index is 2.43. The highest BCUT2D eigenvalue weighted by molar-refractivity contribution is 7.89. The fourth-order valence-electron chi connectivity index (χ4n) is 2.36. The molecular weight excluding hydrogens is 296 g/mol. The number of morpholine rings is 1. The second-order valence-electron chi connectivity index (χ2n) is 4.94. The van der Waals surface area contributed by atoms with Crippen LogP contribution in [0.4, 0.5) is 0 Å². The highest BCUT2D eigenvalue weighted by Gasteiger charge is 2.33. The van der Waals surface area contributed by atoms with E-state index in [0.29, 0.717) is 18.7 Å². The Hall–Kier alpha value is -1.02. The molecule has 1 aromatic carbocycles. The first-order valence-electron chi connectivity index (χ1n) is 6.37. The number of rotatable bonds is 3. The molecule has 0 aliphatic carbocycles. The zero-order valence-corrected chi connectivity index (χ0v) is 13.1. The van der Waals surface area contributed by atoms with E-state index >= 15 is 0 Å². The maximum absolute atomic E-state index is 12.8. The summed E-state index contributed by atoms with van der Waals surface area (Å²) in [6, 6.07) is 6.55. The molecule has 1 aliphatic heterocycles. The molecule has 2 unspecified atom stereocenters. The van der Waals surface area contributed by atoms with Crippen molar-refractivity contribution >= 4 is 27.2 Å². The first kappa shape index (κ1) is 15.4. The lowest BCUT2D eigenvalue weighted by Crippen LogP contribution is -2.48. The quantitative estimate of drug-likeness (QED) is 0.847. The maximum atomic E-state index is 12.8. The number of ether oxygens (including phenoxy) is 1. The van der Waals surface area contributed by atoms with Gasteiger partial charge in [0.25, 0.3) is 0 Å². The van der Waals surface area contributed by atoms with Crippen LogP contribution < -0.4 is 5.73 Å². The lowest BCUT2D eigenvalue weighted by Gasteiger charge is -2.34. The minimum Gasteiger partial charge on any atom is -0.389 e. The third-order valence-electron chi connectivity index (χ3n) is 3.16. The molecule has 0 bridgehead atoms. The molecule has 0 saturated carbocycles. The number of hydrogen-bond acceptors (Lipinski definition) is 4. The van der Waals surface area contributed by atoms with Gasteiger partial charge in [-0.3, -0.25) is 0 Å². The Morgan fingerprint density at radius 3 is 2.40 bits per heavy atom. The van der Waals surface area contributed by atoms with E-state index in [0.717, 1.165) is 0 Å². The Morgan fingerprint density at radius 2 is 1.85 bits per heavy atom. The molecule has 2 rings (SSSR count). The average Bonchev–Trinajstić information content (AvgIpc) is 2.37. The van der Waals surface area contributed by atoms with Gasteiger partial charge in [0, 0.05) is 18.7 Å². The lowest BCUT2D eigenvalue weighted by atomic mass is 10.2. The van der Waals surface area contributed by atoms with Crippen LogP contribution >= 0.6 is 12.2 Å². The molecule has 2 atom stereocenters. The van der Waals surface area contributed by atoms with Gasteiger partial charge in [-0.2, -0.15) is 4.31 Å². The summed E-state index contributed by atoms with van der Waals surface area (Å²) >= 11 is 4.94. The second kappa shape index (κ2) is 5.77. The van der Waals surface area contributed by atoms with Crippen LogP contribution in [0, 0.1) is 0 Å². The van der Waals surface area contributed by atoms with Crippen LogP contribution in [0.15, 0.2) is 29.2 Å². The minimum atomic E-state index is -3.62. The monoisotopic (exact) mass is 314 g/mol. The van der Waals surface area contributed by atoms with Crippen molar-refractivity contribution in [2.45, 2.75) is 31.0 Å². The van der Waals surface area contributed by atoms with Crippen molar-refractivity contribution in [3.05, 3.63) is 29.8 Å². The fourth-order valence-corrected chi connectivity index (χ4v) is 4.40. The Kier molecular flexibility index (Phi) is 4.43. The van der Waals surface area contributed by atoms with Crippen LogP contribution in [0.25, 0.3) is 0 Å². The molecule has 1 saturated heterocycles. The van der Waals surface area contributed by atoms with E-state index < -0.39 is 10.0 Å². The number of benzene rings is 1. The van der Waals surface area contributed by atoms with Crippen LogP contribution in [-0.4, -0.2) is 43.0 Å². The van der Waals surface area contributed by atoms with Crippen molar-refractivity contribution in [1.29, 1.82) is 0 Å². The Morgan fingerprint density at radius 1 is 1.30 bits per heavy atom. The summed E-state index contributed by atoms with van der Waals surface area (Å²) in [5.41, 5.74) is 6.00. The lowest BCUT2D eigenvalue weighted by molar-refractivity contribution is -0.0440. The minimum absolute atomic E-state index is 0.0820.